The molecule has 172 valence electrons. The first-order valence-electron chi connectivity index (χ1n) is 9.35. The molecule has 0 unspecified atom stereocenters. The molecule has 7 N–H and O–H groups in total. The van der Waals surface area contributed by atoms with Crippen molar-refractivity contribution >= 4 is 47.7 Å². The van der Waals surface area contributed by atoms with Gasteiger partial charge in [-0.25, -0.2) is 0 Å². The largest absolute Gasteiger partial charge is 0.481 e. The molecule has 0 aromatic rings. The number of carbonyl (C=O) groups excluding carboxylic acids is 5. The van der Waals surface area contributed by atoms with Gasteiger partial charge >= 0.3 is 5.97 Å². The summed E-state index contributed by atoms with van der Waals surface area (Å²) in [4.78, 5) is 70.3. The monoisotopic (exact) mass is 450 g/mol. The summed E-state index contributed by atoms with van der Waals surface area (Å²) >= 11 is 0. The van der Waals surface area contributed by atoms with E-state index in [0.29, 0.717) is 19.4 Å². The van der Waals surface area contributed by atoms with E-state index in [0.717, 1.165) is 6.92 Å². The molecule has 0 aliphatic rings. The fraction of sp³-hybridized carbons (Fsp3) is 0.667. The number of amides is 3. The quantitative estimate of drug-likeness (QED) is 0.155. The number of Topliss-reactive ketones (excluding diaryl/α,β-unsaturated/α-hetero) is 2. The SMILES string of the molecule is CC(=O)[C@H](CC(N)=O)NC(=O)C(=O)[C@H](CCCCN)NC(=O)[C@@H](C)CCC(=O)O.Cl. The number of carbonyl (C=O) groups is 6. The summed E-state index contributed by atoms with van der Waals surface area (Å²) in [6.07, 6.45) is 0.567. The molecule has 12 heteroatoms. The van der Waals surface area contributed by atoms with Crippen LogP contribution in [0.3, 0.4) is 0 Å². The zero-order valence-corrected chi connectivity index (χ0v) is 18.0. The Balaban J connectivity index is 0. The average Bonchev–Trinajstić information content (AvgIpc) is 2.63. The molecule has 0 aromatic carbocycles. The van der Waals surface area contributed by atoms with Gasteiger partial charge in [-0.3, -0.25) is 28.8 Å². The molecule has 0 saturated carbocycles. The van der Waals surface area contributed by atoms with E-state index in [1.165, 1.54) is 6.92 Å². The predicted molar refractivity (Wildman–Crippen MR) is 110 cm³/mol. The predicted octanol–water partition coefficient (Wildman–Crippen LogP) is -0.959. The second-order valence-electron chi connectivity index (χ2n) is 6.85. The maximum Gasteiger partial charge on any atom is 0.303 e. The van der Waals surface area contributed by atoms with Crippen molar-refractivity contribution in [2.45, 2.75) is 64.5 Å². The number of nitrogens with one attached hydrogen (secondary N) is 2. The van der Waals surface area contributed by atoms with E-state index in [-0.39, 0.29) is 31.7 Å². The zero-order chi connectivity index (χ0) is 22.6. The van der Waals surface area contributed by atoms with E-state index in [2.05, 4.69) is 10.6 Å². The number of ketones is 2. The lowest BCUT2D eigenvalue weighted by atomic mass is 10.0. The van der Waals surface area contributed by atoms with Crippen LogP contribution >= 0.6 is 12.4 Å². The summed E-state index contributed by atoms with van der Waals surface area (Å²) < 4.78 is 0. The van der Waals surface area contributed by atoms with Crippen molar-refractivity contribution in [3.63, 3.8) is 0 Å². The Kier molecular flexibility index (Phi) is 15.2. The van der Waals surface area contributed by atoms with Gasteiger partial charge in [-0.2, -0.15) is 0 Å². The topological polar surface area (TPSA) is 199 Å². The highest BCUT2D eigenvalue weighted by Gasteiger charge is 2.30. The minimum absolute atomic E-state index is 0. The summed E-state index contributed by atoms with van der Waals surface area (Å²) in [7, 11) is 0. The maximum absolute atomic E-state index is 12.5. The molecule has 0 saturated heterocycles. The molecule has 11 nitrogen and oxygen atoms in total. The van der Waals surface area contributed by atoms with Crippen LogP contribution in [-0.4, -0.2) is 59.0 Å². The number of halogens is 1. The third-order valence-corrected chi connectivity index (χ3v) is 4.24. The Morgan fingerprint density at radius 3 is 2.03 bits per heavy atom. The van der Waals surface area contributed by atoms with Crippen LogP contribution in [0.25, 0.3) is 0 Å². The Morgan fingerprint density at radius 2 is 1.57 bits per heavy atom. The summed E-state index contributed by atoms with van der Waals surface area (Å²) in [6.45, 7) is 3.02. The molecule has 0 spiro atoms. The number of carboxylic acids is 1. The van der Waals surface area contributed by atoms with Crippen molar-refractivity contribution in [3.8, 4) is 0 Å². The smallest absolute Gasteiger partial charge is 0.303 e. The third-order valence-electron chi connectivity index (χ3n) is 4.24. The number of unbranched alkanes of at least 4 members (excludes halogenated alkanes) is 1. The average molecular weight is 451 g/mol. The number of rotatable bonds is 15. The molecule has 0 aliphatic heterocycles. The summed E-state index contributed by atoms with van der Waals surface area (Å²) in [5, 5.41) is 13.3. The van der Waals surface area contributed by atoms with E-state index in [1.54, 1.807) is 0 Å². The molecule has 0 rings (SSSR count). The van der Waals surface area contributed by atoms with Crippen LogP contribution < -0.4 is 22.1 Å². The summed E-state index contributed by atoms with van der Waals surface area (Å²) in [6, 6.07) is -2.40. The highest BCUT2D eigenvalue weighted by molar-refractivity contribution is 6.38. The van der Waals surface area contributed by atoms with Crippen LogP contribution in [0.1, 0.15) is 52.4 Å². The van der Waals surface area contributed by atoms with Gasteiger partial charge in [0.05, 0.1) is 18.5 Å². The normalized spacial score (nSPS) is 13.2. The fourth-order valence-corrected chi connectivity index (χ4v) is 2.43. The summed E-state index contributed by atoms with van der Waals surface area (Å²) in [5.74, 6) is -5.76. The molecular weight excluding hydrogens is 420 g/mol. The second-order valence-corrected chi connectivity index (χ2v) is 6.85. The number of carboxylic acid groups (broad SMARTS) is 1. The highest BCUT2D eigenvalue weighted by atomic mass is 35.5. The van der Waals surface area contributed by atoms with Crippen LogP contribution in [0.5, 0.6) is 0 Å². The Bertz CT molecular complexity index is 642. The maximum atomic E-state index is 12.5. The van der Waals surface area contributed by atoms with Gasteiger partial charge in [0.25, 0.3) is 5.91 Å². The van der Waals surface area contributed by atoms with E-state index in [1.807, 2.05) is 0 Å². The van der Waals surface area contributed by atoms with Crippen molar-refractivity contribution in [1.82, 2.24) is 10.6 Å². The lowest BCUT2D eigenvalue weighted by Crippen LogP contribution is -2.52. The first kappa shape index (κ1) is 29.7. The second kappa shape index (κ2) is 15.3. The van der Waals surface area contributed by atoms with Crippen LogP contribution in [-0.2, 0) is 28.8 Å². The zero-order valence-electron chi connectivity index (χ0n) is 17.1. The van der Waals surface area contributed by atoms with Crippen LogP contribution in [0.2, 0.25) is 0 Å². The molecule has 0 bridgehead atoms. The lowest BCUT2D eigenvalue weighted by molar-refractivity contribution is -0.142. The molecule has 0 fully saturated rings. The van der Waals surface area contributed by atoms with Gasteiger partial charge in [-0.05, 0) is 39.2 Å². The number of primary amides is 1. The van der Waals surface area contributed by atoms with Crippen molar-refractivity contribution in [3.05, 3.63) is 0 Å². The molecule has 0 aliphatic carbocycles. The van der Waals surface area contributed by atoms with E-state index in [4.69, 9.17) is 16.6 Å². The molecule has 3 atom stereocenters. The van der Waals surface area contributed by atoms with Gasteiger partial charge in [0.2, 0.25) is 17.6 Å². The van der Waals surface area contributed by atoms with E-state index >= 15 is 0 Å². The Morgan fingerprint density at radius 1 is 0.967 bits per heavy atom. The van der Waals surface area contributed by atoms with Gasteiger partial charge in [0.15, 0.2) is 5.78 Å². The number of aliphatic carboxylic acids is 1. The summed E-state index contributed by atoms with van der Waals surface area (Å²) in [5.41, 5.74) is 10.5. The third kappa shape index (κ3) is 12.1. The van der Waals surface area contributed by atoms with Gasteiger partial charge < -0.3 is 27.2 Å². The molecule has 3 amide bonds. The van der Waals surface area contributed by atoms with Gasteiger partial charge in [-0.15, -0.1) is 12.4 Å². The van der Waals surface area contributed by atoms with Crippen molar-refractivity contribution in [1.29, 1.82) is 0 Å². The van der Waals surface area contributed by atoms with Crippen molar-refractivity contribution in [2.24, 2.45) is 17.4 Å². The Labute approximate surface area is 181 Å². The standard InChI is InChI=1S/C18H30N4O7.ClH/c1-10(6-7-15(25)26)17(28)21-12(5-3-4-8-19)16(27)18(29)22-13(11(2)23)9-14(20)24;/h10,12-13H,3-9,19H2,1-2H3,(H2,20,24)(H,21,28)(H,22,29)(H,25,26);1H/t10-,12-,13-;/m0./s1. The fourth-order valence-electron chi connectivity index (χ4n) is 2.43. The van der Waals surface area contributed by atoms with Crippen molar-refractivity contribution < 1.29 is 33.9 Å². The van der Waals surface area contributed by atoms with Gasteiger partial charge in [0, 0.05) is 12.3 Å². The van der Waals surface area contributed by atoms with Gasteiger partial charge in [-0.1, -0.05) is 6.92 Å². The first-order chi connectivity index (χ1) is 13.5. The highest BCUT2D eigenvalue weighted by Crippen LogP contribution is 2.09. The van der Waals surface area contributed by atoms with E-state index < -0.39 is 59.7 Å². The molecular formula is C18H31ClN4O7. The van der Waals surface area contributed by atoms with Crippen LogP contribution in [0.4, 0.5) is 0 Å². The lowest BCUT2D eigenvalue weighted by Gasteiger charge is -2.21. The Hall–Kier alpha value is -2.53. The first-order valence-corrected chi connectivity index (χ1v) is 9.35. The van der Waals surface area contributed by atoms with Crippen LogP contribution in [0.15, 0.2) is 0 Å². The van der Waals surface area contributed by atoms with Crippen molar-refractivity contribution in [2.75, 3.05) is 6.54 Å². The molecule has 30 heavy (non-hydrogen) atoms. The minimum Gasteiger partial charge on any atom is -0.481 e. The number of hydrogen-bond donors (Lipinski definition) is 5. The molecule has 0 aromatic heterocycles. The number of nitrogens with two attached hydrogens (primary N) is 2. The van der Waals surface area contributed by atoms with Crippen LogP contribution in [0, 0.1) is 5.92 Å². The number of hydrogen-bond acceptors (Lipinski definition) is 7. The molecule has 0 radical (unpaired) electrons. The van der Waals surface area contributed by atoms with Gasteiger partial charge in [0.1, 0.15) is 0 Å². The molecule has 0 heterocycles. The minimum atomic E-state index is -1.24. The van der Waals surface area contributed by atoms with E-state index in [9.17, 15) is 28.8 Å².